The van der Waals surface area contributed by atoms with E-state index in [4.69, 9.17) is 9.47 Å². The molecule has 0 unspecified atom stereocenters. The van der Waals surface area contributed by atoms with Crippen LogP contribution < -0.4 is 5.32 Å². The Morgan fingerprint density at radius 1 is 1.33 bits per heavy atom. The summed E-state index contributed by atoms with van der Waals surface area (Å²) < 4.78 is 12.9. The first-order chi connectivity index (χ1) is 14.7. The molecule has 2 heterocycles. The molecule has 0 saturated carbocycles. The highest BCUT2D eigenvalue weighted by atomic mass is 32.2. The van der Waals surface area contributed by atoms with E-state index in [1.54, 1.807) is 6.92 Å². The number of ether oxygens (including phenoxy) is 2. The van der Waals surface area contributed by atoms with Gasteiger partial charge in [-0.15, -0.1) is 0 Å². The predicted molar refractivity (Wildman–Crippen MR) is 116 cm³/mol. The lowest BCUT2D eigenvalue weighted by Crippen LogP contribution is -2.27. The lowest BCUT2D eigenvalue weighted by atomic mass is 10.1. The zero-order valence-electron chi connectivity index (χ0n) is 17.3. The largest absolute Gasteiger partial charge is 0.466 e. The lowest BCUT2D eigenvalue weighted by Gasteiger charge is -2.16. The van der Waals surface area contributed by atoms with Crippen molar-refractivity contribution in [3.63, 3.8) is 0 Å². The molecule has 1 saturated heterocycles. The van der Waals surface area contributed by atoms with E-state index in [0.717, 1.165) is 42.4 Å². The summed E-state index contributed by atoms with van der Waals surface area (Å²) >= 11 is 1.42. The molecule has 8 heteroatoms. The number of imidazole rings is 1. The van der Waals surface area contributed by atoms with Crippen molar-refractivity contribution in [2.75, 3.05) is 25.5 Å². The highest BCUT2D eigenvalue weighted by molar-refractivity contribution is 7.99. The van der Waals surface area contributed by atoms with Gasteiger partial charge in [0.2, 0.25) is 5.91 Å². The SMILES string of the molecule is CCOC(=O)CCCNC(=O)CSc1ncc(-c2ccccc2)n1C[C@H]1CCCO1. The number of esters is 1. The molecule has 1 N–H and O–H groups in total. The molecule has 0 spiro atoms. The quantitative estimate of drug-likeness (QED) is 0.334. The van der Waals surface area contributed by atoms with Crippen LogP contribution in [0.4, 0.5) is 0 Å². The molecule has 7 nitrogen and oxygen atoms in total. The van der Waals surface area contributed by atoms with Crippen molar-refractivity contribution < 1.29 is 19.1 Å². The predicted octanol–water partition coefficient (Wildman–Crippen LogP) is 3.28. The first-order valence-electron chi connectivity index (χ1n) is 10.4. The van der Waals surface area contributed by atoms with Crippen LogP contribution in [0, 0.1) is 0 Å². The highest BCUT2D eigenvalue weighted by Gasteiger charge is 2.21. The van der Waals surface area contributed by atoms with Crippen LogP contribution in [0.5, 0.6) is 0 Å². The van der Waals surface area contributed by atoms with Crippen molar-refractivity contribution in [2.24, 2.45) is 0 Å². The fourth-order valence-corrected chi connectivity index (χ4v) is 4.17. The number of benzene rings is 1. The molecule has 1 aromatic carbocycles. The van der Waals surface area contributed by atoms with Gasteiger partial charge < -0.3 is 19.4 Å². The van der Waals surface area contributed by atoms with Crippen LogP contribution in [0.1, 0.15) is 32.6 Å². The van der Waals surface area contributed by atoms with Crippen LogP contribution in [0.15, 0.2) is 41.7 Å². The summed E-state index contributed by atoms with van der Waals surface area (Å²) in [5, 5.41) is 3.66. The Kier molecular flexibility index (Phi) is 8.77. The lowest BCUT2D eigenvalue weighted by molar-refractivity contribution is -0.143. The van der Waals surface area contributed by atoms with Gasteiger partial charge in [-0.05, 0) is 31.7 Å². The molecule has 2 aromatic rings. The van der Waals surface area contributed by atoms with Crippen LogP contribution in [0.3, 0.4) is 0 Å². The van der Waals surface area contributed by atoms with Gasteiger partial charge in [-0.25, -0.2) is 4.98 Å². The fraction of sp³-hybridized carbons (Fsp3) is 0.500. The Bertz CT molecular complexity index is 819. The monoisotopic (exact) mass is 431 g/mol. The molecule has 1 atom stereocenters. The van der Waals surface area contributed by atoms with Gasteiger partial charge in [0.15, 0.2) is 5.16 Å². The number of nitrogens with one attached hydrogen (secondary N) is 1. The Balaban J connectivity index is 1.56. The van der Waals surface area contributed by atoms with Crippen LogP contribution in [-0.4, -0.2) is 53.0 Å². The van der Waals surface area contributed by atoms with Crippen molar-refractivity contribution in [1.82, 2.24) is 14.9 Å². The average Bonchev–Trinajstić information content (AvgIpc) is 3.41. The highest BCUT2D eigenvalue weighted by Crippen LogP contribution is 2.28. The first kappa shape index (κ1) is 22.4. The third kappa shape index (κ3) is 6.60. The number of aromatic nitrogens is 2. The van der Waals surface area contributed by atoms with Gasteiger partial charge >= 0.3 is 5.97 Å². The number of thioether (sulfide) groups is 1. The van der Waals surface area contributed by atoms with E-state index >= 15 is 0 Å². The van der Waals surface area contributed by atoms with Gasteiger partial charge in [-0.3, -0.25) is 9.59 Å². The van der Waals surface area contributed by atoms with Gasteiger partial charge in [0.25, 0.3) is 0 Å². The maximum Gasteiger partial charge on any atom is 0.305 e. The van der Waals surface area contributed by atoms with E-state index in [0.29, 0.717) is 26.0 Å². The Morgan fingerprint density at radius 3 is 2.90 bits per heavy atom. The molecule has 0 bridgehead atoms. The molecule has 0 radical (unpaired) electrons. The van der Waals surface area contributed by atoms with E-state index in [1.807, 2.05) is 24.4 Å². The second kappa shape index (κ2) is 11.8. The van der Waals surface area contributed by atoms with Gasteiger partial charge in [0.05, 0.1) is 36.9 Å². The number of hydrogen-bond donors (Lipinski definition) is 1. The summed E-state index contributed by atoms with van der Waals surface area (Å²) in [6.45, 7) is 4.15. The number of nitrogens with zero attached hydrogens (tertiary/aromatic N) is 2. The van der Waals surface area contributed by atoms with Crippen molar-refractivity contribution in [3.8, 4) is 11.3 Å². The maximum atomic E-state index is 12.2. The summed E-state index contributed by atoms with van der Waals surface area (Å²) in [6.07, 6.45) is 5.05. The van der Waals surface area contributed by atoms with Gasteiger partial charge in [0.1, 0.15) is 0 Å². The third-order valence-electron chi connectivity index (χ3n) is 4.82. The Morgan fingerprint density at radius 2 is 2.17 bits per heavy atom. The van der Waals surface area contributed by atoms with Crippen LogP contribution in [0.25, 0.3) is 11.3 Å². The first-order valence-corrected chi connectivity index (χ1v) is 11.4. The van der Waals surface area contributed by atoms with Crippen molar-refractivity contribution in [3.05, 3.63) is 36.5 Å². The molecule has 1 aliphatic rings. The number of carbonyl (C=O) groups is 2. The number of rotatable bonds is 11. The zero-order valence-corrected chi connectivity index (χ0v) is 18.2. The number of hydrogen-bond acceptors (Lipinski definition) is 6. The summed E-state index contributed by atoms with van der Waals surface area (Å²) in [6, 6.07) is 10.1. The Labute approximate surface area is 181 Å². The summed E-state index contributed by atoms with van der Waals surface area (Å²) in [5.41, 5.74) is 2.13. The molecular formula is C22H29N3O4S. The van der Waals surface area contributed by atoms with Gasteiger partial charge in [0, 0.05) is 19.6 Å². The van der Waals surface area contributed by atoms with Crippen molar-refractivity contribution >= 4 is 23.6 Å². The molecule has 162 valence electrons. The van der Waals surface area contributed by atoms with E-state index in [9.17, 15) is 9.59 Å². The standard InChI is InChI=1S/C22H29N3O4S/c1-2-28-21(27)11-6-12-23-20(26)16-30-22-24-14-19(17-8-4-3-5-9-17)25(22)15-18-10-7-13-29-18/h3-5,8-9,14,18H,2,6-7,10-13,15-16H2,1H3,(H,23,26)/t18-/m1/s1. The third-order valence-corrected chi connectivity index (χ3v) is 5.81. The summed E-state index contributed by atoms with van der Waals surface area (Å²) in [4.78, 5) is 28.1. The minimum Gasteiger partial charge on any atom is -0.466 e. The number of carbonyl (C=O) groups excluding carboxylic acids is 2. The van der Waals surface area contributed by atoms with Crippen LogP contribution in [-0.2, 0) is 25.6 Å². The van der Waals surface area contributed by atoms with E-state index in [-0.39, 0.29) is 23.7 Å². The second-order valence-corrected chi connectivity index (χ2v) is 8.03. The molecule has 1 amide bonds. The van der Waals surface area contributed by atoms with Crippen molar-refractivity contribution in [1.29, 1.82) is 0 Å². The van der Waals surface area contributed by atoms with E-state index in [1.165, 1.54) is 11.8 Å². The smallest absolute Gasteiger partial charge is 0.305 e. The van der Waals surface area contributed by atoms with E-state index in [2.05, 4.69) is 27.0 Å². The Hall–Kier alpha value is -2.32. The molecule has 3 rings (SSSR count). The number of amides is 1. The minimum absolute atomic E-state index is 0.0724. The molecule has 30 heavy (non-hydrogen) atoms. The molecular weight excluding hydrogens is 402 g/mol. The normalized spacial score (nSPS) is 15.8. The summed E-state index contributed by atoms with van der Waals surface area (Å²) in [5.74, 6) is -0.0292. The average molecular weight is 432 g/mol. The topological polar surface area (TPSA) is 82.5 Å². The maximum absolute atomic E-state index is 12.2. The zero-order chi connectivity index (χ0) is 21.2. The second-order valence-electron chi connectivity index (χ2n) is 7.08. The van der Waals surface area contributed by atoms with Gasteiger partial charge in [-0.2, -0.15) is 0 Å². The van der Waals surface area contributed by atoms with E-state index < -0.39 is 0 Å². The van der Waals surface area contributed by atoms with Gasteiger partial charge in [-0.1, -0.05) is 42.1 Å². The molecule has 1 fully saturated rings. The summed E-state index contributed by atoms with van der Waals surface area (Å²) in [7, 11) is 0. The minimum atomic E-state index is -0.231. The molecule has 1 aliphatic heterocycles. The van der Waals surface area contributed by atoms with Crippen LogP contribution >= 0.6 is 11.8 Å². The molecule has 0 aliphatic carbocycles. The van der Waals surface area contributed by atoms with Crippen LogP contribution in [0.2, 0.25) is 0 Å². The fourth-order valence-electron chi connectivity index (χ4n) is 3.36. The molecule has 1 aromatic heterocycles. The van der Waals surface area contributed by atoms with Crippen molar-refractivity contribution in [2.45, 2.75) is 50.4 Å².